The largest absolute Gasteiger partial charge is 0.333 e. The molecule has 86 valence electrons. The molecular formula is C11H16N4O. The van der Waals surface area contributed by atoms with Crippen LogP contribution in [0.5, 0.6) is 0 Å². The maximum Gasteiger partial charge on any atom is 0.274 e. The van der Waals surface area contributed by atoms with Gasteiger partial charge in [-0.25, -0.2) is 0 Å². The van der Waals surface area contributed by atoms with Crippen molar-refractivity contribution in [3.63, 3.8) is 0 Å². The van der Waals surface area contributed by atoms with Crippen molar-refractivity contribution in [2.45, 2.75) is 19.8 Å². The third-order valence-corrected chi connectivity index (χ3v) is 2.72. The molecule has 0 fully saturated rings. The van der Waals surface area contributed by atoms with Gasteiger partial charge in [0.05, 0.1) is 5.69 Å². The van der Waals surface area contributed by atoms with Crippen LogP contribution in [0.3, 0.4) is 0 Å². The van der Waals surface area contributed by atoms with E-state index < -0.39 is 0 Å². The fourth-order valence-corrected chi connectivity index (χ4v) is 1.86. The molecule has 2 N–H and O–H groups in total. The molecule has 0 bridgehead atoms. The van der Waals surface area contributed by atoms with E-state index in [4.69, 9.17) is 5.73 Å². The van der Waals surface area contributed by atoms with Crippen LogP contribution in [0.2, 0.25) is 0 Å². The molecular weight excluding hydrogens is 204 g/mol. The van der Waals surface area contributed by atoms with Gasteiger partial charge in [-0.1, -0.05) is 0 Å². The van der Waals surface area contributed by atoms with E-state index in [1.807, 2.05) is 24.6 Å². The minimum absolute atomic E-state index is 0.0757. The predicted octanol–water partition coefficient (Wildman–Crippen LogP) is 0.233. The van der Waals surface area contributed by atoms with Gasteiger partial charge >= 0.3 is 0 Å². The molecule has 0 aliphatic rings. The Kier molecular flexibility index (Phi) is 2.78. The lowest BCUT2D eigenvalue weighted by Crippen LogP contribution is -2.20. The Balaban J connectivity index is 2.60. The van der Waals surface area contributed by atoms with Gasteiger partial charge in [0.2, 0.25) is 0 Å². The molecule has 0 atom stereocenters. The first-order valence-corrected chi connectivity index (χ1v) is 5.39. The van der Waals surface area contributed by atoms with Gasteiger partial charge in [0.15, 0.2) is 0 Å². The molecule has 0 aliphatic heterocycles. The van der Waals surface area contributed by atoms with Gasteiger partial charge in [-0.3, -0.25) is 4.79 Å². The summed E-state index contributed by atoms with van der Waals surface area (Å²) in [5.74, 6) is 0. The molecule has 16 heavy (non-hydrogen) atoms. The Morgan fingerprint density at radius 3 is 2.88 bits per heavy atom. The number of hydrogen-bond donors (Lipinski definition) is 1. The Morgan fingerprint density at radius 1 is 1.44 bits per heavy atom. The highest BCUT2D eigenvalue weighted by Gasteiger charge is 2.07. The summed E-state index contributed by atoms with van der Waals surface area (Å²) in [7, 11) is 1.95. The second kappa shape index (κ2) is 4.09. The van der Waals surface area contributed by atoms with Gasteiger partial charge in [0.25, 0.3) is 5.56 Å². The molecule has 2 aromatic rings. The molecule has 0 radical (unpaired) electrons. The van der Waals surface area contributed by atoms with Crippen LogP contribution in [0.4, 0.5) is 0 Å². The standard InChI is InChI=1S/C11H16N4O/c1-8-6-10-14(2)9(4-3-5-12)7-11(16)15(10)13-8/h6-7H,3-5,12H2,1-2H3. The van der Waals surface area contributed by atoms with Crippen LogP contribution in [0.25, 0.3) is 5.65 Å². The van der Waals surface area contributed by atoms with Crippen LogP contribution < -0.4 is 11.3 Å². The first-order chi connectivity index (χ1) is 7.63. The van der Waals surface area contributed by atoms with E-state index in [9.17, 15) is 4.79 Å². The number of rotatable bonds is 3. The van der Waals surface area contributed by atoms with Crippen molar-refractivity contribution in [1.82, 2.24) is 14.2 Å². The average molecular weight is 220 g/mol. The highest BCUT2D eigenvalue weighted by molar-refractivity contribution is 5.41. The van der Waals surface area contributed by atoms with E-state index >= 15 is 0 Å². The fourth-order valence-electron chi connectivity index (χ4n) is 1.86. The average Bonchev–Trinajstić information content (AvgIpc) is 2.64. The summed E-state index contributed by atoms with van der Waals surface area (Å²) in [6.07, 6.45) is 1.71. The molecule has 0 spiro atoms. The molecule has 0 saturated heterocycles. The molecule has 0 unspecified atom stereocenters. The molecule has 2 aromatic heterocycles. The van der Waals surface area contributed by atoms with E-state index in [1.54, 1.807) is 6.07 Å². The molecule has 0 aliphatic carbocycles. The third kappa shape index (κ3) is 1.74. The van der Waals surface area contributed by atoms with Crippen LogP contribution in [0, 0.1) is 6.92 Å². The van der Waals surface area contributed by atoms with E-state index in [1.165, 1.54) is 4.52 Å². The van der Waals surface area contributed by atoms with Crippen molar-refractivity contribution in [2.75, 3.05) is 6.54 Å². The van der Waals surface area contributed by atoms with E-state index in [0.29, 0.717) is 6.54 Å². The van der Waals surface area contributed by atoms with Crippen molar-refractivity contribution in [3.05, 3.63) is 33.9 Å². The summed E-state index contributed by atoms with van der Waals surface area (Å²) in [6, 6.07) is 3.54. The van der Waals surface area contributed by atoms with Crippen molar-refractivity contribution in [1.29, 1.82) is 0 Å². The van der Waals surface area contributed by atoms with E-state index in [2.05, 4.69) is 5.10 Å². The summed E-state index contributed by atoms with van der Waals surface area (Å²) in [6.45, 7) is 2.52. The van der Waals surface area contributed by atoms with E-state index in [0.717, 1.165) is 29.9 Å². The normalized spacial score (nSPS) is 11.2. The summed E-state index contributed by atoms with van der Waals surface area (Å²) >= 11 is 0. The number of nitrogens with two attached hydrogens (primary N) is 1. The first kappa shape index (κ1) is 10.9. The second-order valence-electron chi connectivity index (χ2n) is 3.98. The van der Waals surface area contributed by atoms with Gasteiger partial charge in [0.1, 0.15) is 5.65 Å². The lowest BCUT2D eigenvalue weighted by atomic mass is 10.2. The quantitative estimate of drug-likeness (QED) is 0.805. The minimum atomic E-state index is -0.0757. The molecule has 5 heteroatoms. The van der Waals surface area contributed by atoms with Gasteiger partial charge in [-0.05, 0) is 26.3 Å². The zero-order chi connectivity index (χ0) is 11.7. The third-order valence-electron chi connectivity index (χ3n) is 2.72. The number of aromatic nitrogens is 3. The number of fused-ring (bicyclic) bond motifs is 1. The summed E-state index contributed by atoms with van der Waals surface area (Å²) in [5.41, 5.74) is 8.08. The van der Waals surface area contributed by atoms with Crippen molar-refractivity contribution in [2.24, 2.45) is 12.8 Å². The SMILES string of the molecule is Cc1cc2n(C)c(CCCN)cc(=O)n2n1. The lowest BCUT2D eigenvalue weighted by Gasteiger charge is -2.09. The molecule has 0 amide bonds. The highest BCUT2D eigenvalue weighted by atomic mass is 16.1. The van der Waals surface area contributed by atoms with Gasteiger partial charge in [0, 0.05) is 24.9 Å². The maximum absolute atomic E-state index is 11.8. The van der Waals surface area contributed by atoms with Gasteiger partial charge < -0.3 is 10.3 Å². The van der Waals surface area contributed by atoms with Crippen LogP contribution in [-0.2, 0) is 13.5 Å². The van der Waals surface area contributed by atoms with Crippen molar-refractivity contribution < 1.29 is 0 Å². The molecule has 2 rings (SSSR count). The Hall–Kier alpha value is -1.62. The smallest absolute Gasteiger partial charge is 0.274 e. The Bertz CT molecular complexity index is 567. The first-order valence-electron chi connectivity index (χ1n) is 5.39. The number of aryl methyl sites for hydroxylation is 3. The molecule has 0 aromatic carbocycles. The van der Waals surface area contributed by atoms with E-state index in [-0.39, 0.29) is 5.56 Å². The topological polar surface area (TPSA) is 65.3 Å². The number of hydrogen-bond acceptors (Lipinski definition) is 3. The van der Waals surface area contributed by atoms with Gasteiger partial charge in [-0.15, -0.1) is 0 Å². The maximum atomic E-state index is 11.8. The number of nitrogens with zero attached hydrogens (tertiary/aromatic N) is 3. The second-order valence-corrected chi connectivity index (χ2v) is 3.98. The van der Waals surface area contributed by atoms with Crippen molar-refractivity contribution in [3.8, 4) is 0 Å². The summed E-state index contributed by atoms with van der Waals surface area (Å²) in [4.78, 5) is 11.8. The fraction of sp³-hybridized carbons (Fsp3) is 0.455. The van der Waals surface area contributed by atoms with Crippen molar-refractivity contribution >= 4 is 5.65 Å². The summed E-state index contributed by atoms with van der Waals surface area (Å²) < 4.78 is 3.43. The van der Waals surface area contributed by atoms with Crippen LogP contribution in [0.1, 0.15) is 17.8 Å². The molecule has 2 heterocycles. The van der Waals surface area contributed by atoms with Crippen LogP contribution in [-0.4, -0.2) is 20.7 Å². The van der Waals surface area contributed by atoms with Crippen LogP contribution >= 0.6 is 0 Å². The predicted molar refractivity (Wildman–Crippen MR) is 62.5 cm³/mol. The molecule has 5 nitrogen and oxygen atoms in total. The minimum Gasteiger partial charge on any atom is -0.333 e. The van der Waals surface area contributed by atoms with Crippen LogP contribution in [0.15, 0.2) is 16.9 Å². The Morgan fingerprint density at radius 2 is 2.19 bits per heavy atom. The zero-order valence-corrected chi connectivity index (χ0v) is 9.60. The summed E-state index contributed by atoms with van der Waals surface area (Å²) in [5, 5.41) is 4.15. The Labute approximate surface area is 93.5 Å². The lowest BCUT2D eigenvalue weighted by molar-refractivity contribution is 0.724. The van der Waals surface area contributed by atoms with Gasteiger partial charge in [-0.2, -0.15) is 9.61 Å². The zero-order valence-electron chi connectivity index (χ0n) is 9.60. The highest BCUT2D eigenvalue weighted by Crippen LogP contribution is 2.07. The monoisotopic (exact) mass is 220 g/mol. The molecule has 0 saturated carbocycles.